The van der Waals surface area contributed by atoms with Crippen molar-refractivity contribution < 1.29 is 9.53 Å². The van der Waals surface area contributed by atoms with Crippen molar-refractivity contribution in [1.29, 1.82) is 0 Å². The zero-order chi connectivity index (χ0) is 9.84. The van der Waals surface area contributed by atoms with E-state index in [9.17, 15) is 4.79 Å². The molecule has 0 spiro atoms. The lowest BCUT2D eigenvalue weighted by atomic mass is 10.1. The van der Waals surface area contributed by atoms with Crippen molar-refractivity contribution in [2.45, 2.75) is 13.3 Å². The minimum atomic E-state index is -0.427. The topological polar surface area (TPSA) is 26.3 Å². The molecule has 3 heteroatoms. The van der Waals surface area contributed by atoms with E-state index in [1.54, 1.807) is 13.0 Å². The summed E-state index contributed by atoms with van der Waals surface area (Å²) in [5.41, 5.74) is 0.373. The molecule has 0 atom stereocenters. The summed E-state index contributed by atoms with van der Waals surface area (Å²) in [7, 11) is 0. The van der Waals surface area contributed by atoms with Gasteiger partial charge in [0, 0.05) is 12.0 Å². The van der Waals surface area contributed by atoms with E-state index in [0.29, 0.717) is 22.6 Å². The molecule has 0 N–H and O–H groups in total. The van der Waals surface area contributed by atoms with Crippen LogP contribution < -0.4 is 0 Å². The minimum Gasteiger partial charge on any atom is -0.422 e. The highest BCUT2D eigenvalue weighted by Crippen LogP contribution is 2.12. The minimum absolute atomic E-state index is 0.373. The Bertz CT molecular complexity index is 324. The largest absolute Gasteiger partial charge is 0.422 e. The second kappa shape index (κ2) is 4.14. The summed E-state index contributed by atoms with van der Waals surface area (Å²) in [4.78, 5) is 11.8. The molecule has 1 rings (SSSR count). The van der Waals surface area contributed by atoms with Gasteiger partial charge < -0.3 is 4.74 Å². The summed E-state index contributed by atoms with van der Waals surface area (Å²) in [6.07, 6.45) is 6.08. The molecule has 0 radical (unpaired) electrons. The lowest BCUT2D eigenvalue weighted by Crippen LogP contribution is -2.11. The predicted octanol–water partition coefficient (Wildman–Crippen LogP) is 2.32. The highest BCUT2D eigenvalue weighted by atomic mass is 32.1. The van der Waals surface area contributed by atoms with Crippen LogP contribution in [0.2, 0.25) is 0 Å². The van der Waals surface area contributed by atoms with E-state index < -0.39 is 5.97 Å². The fourth-order valence-electron chi connectivity index (χ4n) is 0.802. The molecule has 0 unspecified atom stereocenters. The molecule has 0 aliphatic heterocycles. The summed E-state index contributed by atoms with van der Waals surface area (Å²) in [6.45, 7) is 5.08. The van der Waals surface area contributed by atoms with Crippen molar-refractivity contribution in [3.8, 4) is 0 Å². The fraction of sp³-hybridized carbons (Fsp3) is 0.200. The molecule has 13 heavy (non-hydrogen) atoms. The molecule has 1 aliphatic carbocycles. The number of carbonyl (C=O) groups is 1. The van der Waals surface area contributed by atoms with E-state index in [-0.39, 0.29) is 0 Å². The van der Waals surface area contributed by atoms with Gasteiger partial charge in [0.05, 0.1) is 4.86 Å². The van der Waals surface area contributed by atoms with Crippen LogP contribution in [-0.4, -0.2) is 10.8 Å². The number of thiocarbonyl (C=S) groups is 1. The second-order valence-corrected chi connectivity index (χ2v) is 3.25. The molecular weight excluding hydrogens is 184 g/mol. The SMILES string of the molecule is C=C(C)C(=O)OC1=CC=CCC1=S. The van der Waals surface area contributed by atoms with E-state index in [1.165, 1.54) is 0 Å². The maximum atomic E-state index is 11.1. The first kappa shape index (κ1) is 9.86. The Morgan fingerprint density at radius 3 is 2.92 bits per heavy atom. The summed E-state index contributed by atoms with van der Waals surface area (Å²) in [6, 6.07) is 0. The van der Waals surface area contributed by atoms with Crippen LogP contribution in [0.25, 0.3) is 0 Å². The third-order valence-electron chi connectivity index (χ3n) is 1.51. The van der Waals surface area contributed by atoms with Crippen LogP contribution >= 0.6 is 12.2 Å². The predicted molar refractivity (Wildman–Crippen MR) is 55.3 cm³/mol. The molecule has 0 aromatic heterocycles. The van der Waals surface area contributed by atoms with Gasteiger partial charge in [0.25, 0.3) is 0 Å². The lowest BCUT2D eigenvalue weighted by Gasteiger charge is -2.10. The molecule has 0 saturated heterocycles. The van der Waals surface area contributed by atoms with E-state index in [4.69, 9.17) is 17.0 Å². The van der Waals surface area contributed by atoms with E-state index in [2.05, 4.69) is 6.58 Å². The average Bonchev–Trinajstić information content (AvgIpc) is 2.08. The van der Waals surface area contributed by atoms with Crippen LogP contribution in [0.1, 0.15) is 13.3 Å². The van der Waals surface area contributed by atoms with Crippen LogP contribution in [0, 0.1) is 0 Å². The Labute approximate surface area is 82.6 Å². The van der Waals surface area contributed by atoms with Crippen LogP contribution in [0.3, 0.4) is 0 Å². The summed E-state index contributed by atoms with van der Waals surface area (Å²) in [5.74, 6) is 0.0365. The first-order chi connectivity index (χ1) is 6.11. The first-order valence-electron chi connectivity index (χ1n) is 3.89. The van der Waals surface area contributed by atoms with Crippen molar-refractivity contribution in [3.05, 3.63) is 36.1 Å². The maximum Gasteiger partial charge on any atom is 0.338 e. The Morgan fingerprint density at radius 1 is 1.69 bits per heavy atom. The van der Waals surface area contributed by atoms with Crippen molar-refractivity contribution in [2.24, 2.45) is 0 Å². The van der Waals surface area contributed by atoms with Gasteiger partial charge in [0.15, 0.2) is 0 Å². The Morgan fingerprint density at radius 2 is 2.38 bits per heavy atom. The van der Waals surface area contributed by atoms with E-state index in [1.807, 2.05) is 12.2 Å². The zero-order valence-electron chi connectivity index (χ0n) is 7.37. The molecule has 68 valence electrons. The standard InChI is InChI=1S/C10H10O2S/c1-7(2)10(11)12-8-5-3-4-6-9(8)13/h3-5H,1,6H2,2H3. The molecule has 0 bridgehead atoms. The average molecular weight is 194 g/mol. The lowest BCUT2D eigenvalue weighted by molar-refractivity contribution is -0.134. The van der Waals surface area contributed by atoms with Gasteiger partial charge in [0.1, 0.15) is 5.76 Å². The van der Waals surface area contributed by atoms with Gasteiger partial charge in [-0.25, -0.2) is 4.79 Å². The molecule has 0 aromatic rings. The molecule has 2 nitrogen and oxygen atoms in total. The highest BCUT2D eigenvalue weighted by molar-refractivity contribution is 7.80. The monoisotopic (exact) mass is 194 g/mol. The zero-order valence-corrected chi connectivity index (χ0v) is 8.19. The van der Waals surface area contributed by atoms with E-state index >= 15 is 0 Å². The smallest absolute Gasteiger partial charge is 0.338 e. The maximum absolute atomic E-state index is 11.1. The van der Waals surface area contributed by atoms with Gasteiger partial charge in [-0.2, -0.15) is 0 Å². The second-order valence-electron chi connectivity index (χ2n) is 2.76. The summed E-state index contributed by atoms with van der Waals surface area (Å²) in [5, 5.41) is 0. The summed E-state index contributed by atoms with van der Waals surface area (Å²) < 4.78 is 5.00. The molecule has 0 amide bonds. The Balaban J connectivity index is 2.68. The molecule has 0 aromatic carbocycles. The quantitative estimate of drug-likeness (QED) is 0.383. The van der Waals surface area contributed by atoms with Crippen LogP contribution in [0.15, 0.2) is 36.1 Å². The number of ether oxygens (including phenoxy) is 1. The van der Waals surface area contributed by atoms with Gasteiger partial charge in [0.2, 0.25) is 0 Å². The van der Waals surface area contributed by atoms with Gasteiger partial charge in [-0.15, -0.1) is 0 Å². The third kappa shape index (κ3) is 2.63. The number of esters is 1. The number of hydrogen-bond donors (Lipinski definition) is 0. The third-order valence-corrected chi connectivity index (χ3v) is 1.88. The van der Waals surface area contributed by atoms with Crippen molar-refractivity contribution in [2.75, 3.05) is 0 Å². The first-order valence-corrected chi connectivity index (χ1v) is 4.30. The van der Waals surface area contributed by atoms with Crippen LogP contribution in [-0.2, 0) is 9.53 Å². The number of rotatable bonds is 2. The van der Waals surface area contributed by atoms with Crippen molar-refractivity contribution in [3.63, 3.8) is 0 Å². The van der Waals surface area contributed by atoms with Crippen molar-refractivity contribution >= 4 is 23.1 Å². The number of carbonyl (C=O) groups excluding carboxylic acids is 1. The molecule has 1 aliphatic rings. The molecule has 0 fully saturated rings. The van der Waals surface area contributed by atoms with Crippen LogP contribution in [0.4, 0.5) is 0 Å². The Hall–Kier alpha value is -1.22. The van der Waals surface area contributed by atoms with Gasteiger partial charge >= 0.3 is 5.97 Å². The van der Waals surface area contributed by atoms with E-state index in [0.717, 1.165) is 0 Å². The normalized spacial score (nSPS) is 15.2. The fourth-order valence-corrected chi connectivity index (χ4v) is 1.01. The molecule has 0 saturated carbocycles. The van der Waals surface area contributed by atoms with Crippen LogP contribution in [0.5, 0.6) is 0 Å². The molecule has 0 heterocycles. The van der Waals surface area contributed by atoms with Crippen molar-refractivity contribution in [1.82, 2.24) is 0 Å². The highest BCUT2D eigenvalue weighted by Gasteiger charge is 2.12. The number of allylic oxidation sites excluding steroid dienone is 4. The van der Waals surface area contributed by atoms with Gasteiger partial charge in [-0.05, 0) is 13.0 Å². The Kier molecular flexibility index (Phi) is 3.14. The van der Waals surface area contributed by atoms with Gasteiger partial charge in [-0.3, -0.25) is 0 Å². The molecular formula is C10H10O2S. The number of hydrogen-bond acceptors (Lipinski definition) is 3. The summed E-state index contributed by atoms with van der Waals surface area (Å²) >= 11 is 5.01. The van der Waals surface area contributed by atoms with Gasteiger partial charge in [-0.1, -0.05) is 30.9 Å².